The highest BCUT2D eigenvalue weighted by Gasteiger charge is 2.22. The number of benzene rings is 2. The second kappa shape index (κ2) is 11.1. The number of aryl methyl sites for hydroxylation is 1. The lowest BCUT2D eigenvalue weighted by atomic mass is 9.98. The minimum Gasteiger partial charge on any atom is -0.481 e. The largest absolute Gasteiger partial charge is 0.481 e. The zero-order chi connectivity index (χ0) is 24.7. The smallest absolute Gasteiger partial charge is 0.248 e. The number of hydroxylamine groups is 1. The molecule has 0 aliphatic heterocycles. The fourth-order valence-corrected chi connectivity index (χ4v) is 3.64. The summed E-state index contributed by atoms with van der Waals surface area (Å²) in [5.41, 5.74) is 2.11. The van der Waals surface area contributed by atoms with Crippen molar-refractivity contribution in [3.05, 3.63) is 65.9 Å². The Bertz CT molecular complexity index is 1190. The molecule has 0 bridgehead atoms. The summed E-state index contributed by atoms with van der Waals surface area (Å²) < 4.78 is 5.05. The van der Waals surface area contributed by atoms with Crippen LogP contribution in [0.4, 0.5) is 11.4 Å². The minimum absolute atomic E-state index is 0.331. The molecule has 0 saturated heterocycles. The molecular weight excluding hydrogens is 454 g/mol. The summed E-state index contributed by atoms with van der Waals surface area (Å²) >= 11 is 6.09. The first-order chi connectivity index (χ1) is 16.3. The molecule has 1 heterocycles. The number of halogens is 1. The molecular formula is C26H28ClN3O4. The van der Waals surface area contributed by atoms with Gasteiger partial charge in [-0.3, -0.25) is 14.4 Å². The van der Waals surface area contributed by atoms with Crippen molar-refractivity contribution in [1.29, 1.82) is 0 Å². The van der Waals surface area contributed by atoms with E-state index in [9.17, 15) is 9.59 Å². The molecule has 0 saturated carbocycles. The van der Waals surface area contributed by atoms with Gasteiger partial charge in [0.15, 0.2) is 0 Å². The van der Waals surface area contributed by atoms with Gasteiger partial charge >= 0.3 is 0 Å². The third-order valence-corrected chi connectivity index (χ3v) is 5.03. The van der Waals surface area contributed by atoms with E-state index in [-0.39, 0.29) is 5.91 Å². The lowest BCUT2D eigenvalue weighted by Crippen LogP contribution is -2.33. The topological polar surface area (TPSA) is 80.8 Å². The highest BCUT2D eigenvalue weighted by molar-refractivity contribution is 6.18. The molecule has 7 nitrogen and oxygen atoms in total. The molecule has 3 aromatic rings. The predicted molar refractivity (Wildman–Crippen MR) is 136 cm³/mol. The fraction of sp³-hybridized carbons (Fsp3) is 0.269. The van der Waals surface area contributed by atoms with E-state index in [1.54, 1.807) is 37.6 Å². The number of carbonyl (C=O) groups is 2. The van der Waals surface area contributed by atoms with Gasteiger partial charge in [0, 0.05) is 35.3 Å². The average Bonchev–Trinajstić information content (AvgIpc) is 2.82. The summed E-state index contributed by atoms with van der Waals surface area (Å²) in [6.45, 7) is 5.57. The van der Waals surface area contributed by atoms with Crippen LogP contribution in [-0.4, -0.2) is 35.9 Å². The first-order valence-corrected chi connectivity index (χ1v) is 11.3. The van der Waals surface area contributed by atoms with Crippen molar-refractivity contribution in [2.45, 2.75) is 32.8 Å². The Balaban J connectivity index is 2.00. The molecule has 0 aliphatic carbocycles. The number of ether oxygens (including phenoxy) is 1. The molecule has 1 aromatic heterocycles. The molecule has 2 aromatic carbocycles. The second-order valence-electron chi connectivity index (χ2n) is 8.50. The number of nitrogens with one attached hydrogen (secondary N) is 1. The van der Waals surface area contributed by atoms with Gasteiger partial charge in [-0.25, -0.2) is 4.98 Å². The van der Waals surface area contributed by atoms with E-state index in [4.69, 9.17) is 21.2 Å². The molecule has 1 N–H and O–H groups in total. The lowest BCUT2D eigenvalue weighted by Gasteiger charge is -2.28. The zero-order valence-corrected chi connectivity index (χ0v) is 20.4. The number of hydrogen-bond donors (Lipinski definition) is 1. The van der Waals surface area contributed by atoms with Crippen molar-refractivity contribution in [2.75, 3.05) is 23.4 Å². The van der Waals surface area contributed by atoms with Gasteiger partial charge in [0.1, 0.15) is 0 Å². The maximum Gasteiger partial charge on any atom is 0.248 e. The molecule has 2 amide bonds. The van der Waals surface area contributed by atoms with Gasteiger partial charge in [-0.2, -0.15) is 5.06 Å². The average molecular weight is 482 g/mol. The van der Waals surface area contributed by atoms with Gasteiger partial charge in [-0.1, -0.05) is 24.3 Å². The van der Waals surface area contributed by atoms with Crippen LogP contribution in [0, 0.1) is 0 Å². The summed E-state index contributed by atoms with van der Waals surface area (Å²) in [7, 11) is 1.54. The molecule has 178 valence electrons. The molecule has 0 atom stereocenters. The molecule has 0 unspecified atom stereocenters. The molecule has 34 heavy (non-hydrogen) atoms. The number of methoxy groups -OCH3 is 1. The number of aromatic nitrogens is 1. The van der Waals surface area contributed by atoms with Gasteiger partial charge in [0.25, 0.3) is 0 Å². The third kappa shape index (κ3) is 6.34. The second-order valence-corrected chi connectivity index (χ2v) is 8.88. The normalized spacial score (nSPS) is 11.6. The monoisotopic (exact) mass is 481 g/mol. The van der Waals surface area contributed by atoms with Crippen LogP contribution >= 0.6 is 11.6 Å². The Hall–Kier alpha value is -3.42. The van der Waals surface area contributed by atoms with E-state index in [2.05, 4.69) is 10.3 Å². The Kier molecular flexibility index (Phi) is 8.26. The van der Waals surface area contributed by atoms with Crippen LogP contribution in [0.15, 0.2) is 54.7 Å². The summed E-state index contributed by atoms with van der Waals surface area (Å²) in [5.74, 6) is 0.533. The first-order valence-electron chi connectivity index (χ1n) is 10.8. The molecule has 0 fully saturated rings. The van der Waals surface area contributed by atoms with Crippen molar-refractivity contribution in [3.8, 4) is 5.88 Å². The lowest BCUT2D eigenvalue weighted by molar-refractivity contribution is -0.120. The molecule has 0 aliphatic rings. The van der Waals surface area contributed by atoms with Gasteiger partial charge in [0.05, 0.1) is 18.4 Å². The zero-order valence-electron chi connectivity index (χ0n) is 19.7. The van der Waals surface area contributed by atoms with Crippen LogP contribution in [0.25, 0.3) is 16.8 Å². The first kappa shape index (κ1) is 25.2. The Morgan fingerprint density at radius 3 is 2.50 bits per heavy atom. The third-order valence-electron chi connectivity index (χ3n) is 4.84. The van der Waals surface area contributed by atoms with Crippen LogP contribution in [0.3, 0.4) is 0 Å². The van der Waals surface area contributed by atoms with Crippen molar-refractivity contribution in [1.82, 2.24) is 4.98 Å². The van der Waals surface area contributed by atoms with Crippen molar-refractivity contribution in [2.24, 2.45) is 0 Å². The summed E-state index contributed by atoms with van der Waals surface area (Å²) in [6, 6.07) is 12.9. The number of rotatable bonds is 9. The van der Waals surface area contributed by atoms with Gasteiger partial charge in [0.2, 0.25) is 18.2 Å². The number of amides is 2. The molecule has 0 radical (unpaired) electrons. The molecule has 3 rings (SSSR count). The minimum atomic E-state index is -0.602. The highest BCUT2D eigenvalue weighted by atomic mass is 35.5. The van der Waals surface area contributed by atoms with Gasteiger partial charge < -0.3 is 10.1 Å². The number of anilines is 2. The van der Waals surface area contributed by atoms with Crippen LogP contribution < -0.4 is 15.1 Å². The van der Waals surface area contributed by atoms with Crippen LogP contribution in [0.5, 0.6) is 5.88 Å². The number of nitrogens with zero attached hydrogens (tertiary/aromatic N) is 2. The van der Waals surface area contributed by atoms with Crippen molar-refractivity contribution >= 4 is 52.1 Å². The van der Waals surface area contributed by atoms with Crippen LogP contribution in [0.1, 0.15) is 31.9 Å². The van der Waals surface area contributed by atoms with E-state index < -0.39 is 5.60 Å². The Labute approximate surface area is 204 Å². The fourth-order valence-electron chi connectivity index (χ4n) is 3.45. The van der Waals surface area contributed by atoms with E-state index in [1.807, 2.05) is 45.0 Å². The van der Waals surface area contributed by atoms with E-state index in [0.717, 1.165) is 21.9 Å². The molecule has 0 spiro atoms. The SMILES string of the molecule is COc1ccc(/C=C/C(=O)Nc2cc(N(C=O)OC(C)(C)C)c3ccccc3c2CCCl)cn1. The highest BCUT2D eigenvalue weighted by Crippen LogP contribution is 2.36. The Morgan fingerprint density at radius 2 is 1.91 bits per heavy atom. The summed E-state index contributed by atoms with van der Waals surface area (Å²) in [4.78, 5) is 34.7. The maximum absolute atomic E-state index is 12.8. The maximum atomic E-state index is 12.8. The van der Waals surface area contributed by atoms with Crippen LogP contribution in [-0.2, 0) is 20.8 Å². The summed E-state index contributed by atoms with van der Waals surface area (Å²) in [6.07, 6.45) is 5.85. The van der Waals surface area contributed by atoms with Crippen molar-refractivity contribution in [3.63, 3.8) is 0 Å². The number of carbonyl (C=O) groups excluding carboxylic acids is 2. The molecule has 8 heteroatoms. The predicted octanol–water partition coefficient (Wildman–Crippen LogP) is 5.37. The van der Waals surface area contributed by atoms with E-state index >= 15 is 0 Å². The van der Waals surface area contributed by atoms with Gasteiger partial charge in [-0.15, -0.1) is 11.6 Å². The van der Waals surface area contributed by atoms with Crippen LogP contribution in [0.2, 0.25) is 0 Å². The van der Waals surface area contributed by atoms with Crippen molar-refractivity contribution < 1.29 is 19.2 Å². The number of alkyl halides is 1. The quantitative estimate of drug-likeness (QED) is 0.192. The van der Waals surface area contributed by atoms with E-state index in [1.165, 1.54) is 11.1 Å². The number of pyridine rings is 1. The number of fused-ring (bicyclic) bond motifs is 1. The summed E-state index contributed by atoms with van der Waals surface area (Å²) in [5, 5.41) is 5.83. The Morgan fingerprint density at radius 1 is 1.18 bits per heavy atom. The number of hydrogen-bond acceptors (Lipinski definition) is 5. The van der Waals surface area contributed by atoms with Gasteiger partial charge in [-0.05, 0) is 61.9 Å². The standard InChI is InChI=1S/C26H28ClN3O4/c1-26(2,3)34-30(17-31)23-15-22(20(13-14-27)19-7-5-6-8-21(19)23)29-24(32)11-9-18-10-12-25(33-4)28-16-18/h5-12,15-17H,13-14H2,1-4H3,(H,29,32)/b11-9+. The van der Waals surface area contributed by atoms with E-state index in [0.29, 0.717) is 36.0 Å².